The number of para-hydroxylation sites is 2. The molecule has 4 aromatic rings. The lowest BCUT2D eigenvalue weighted by atomic mass is 10.2. The average Bonchev–Trinajstić information content (AvgIpc) is 2.86. The quantitative estimate of drug-likeness (QED) is 0.351. The predicted molar refractivity (Wildman–Crippen MR) is 128 cm³/mol. The second-order valence-corrected chi connectivity index (χ2v) is 6.97. The average molecular weight is 441 g/mol. The highest BCUT2D eigenvalue weighted by Gasteiger charge is 2.14. The Morgan fingerprint density at radius 1 is 0.788 bits per heavy atom. The van der Waals surface area contributed by atoms with Crippen molar-refractivity contribution in [3.63, 3.8) is 0 Å². The molecular weight excluding hydrogens is 418 g/mol. The molecule has 0 unspecified atom stereocenters. The van der Waals surface area contributed by atoms with E-state index in [1.54, 1.807) is 43.5 Å². The maximum atomic E-state index is 12.9. The molecule has 0 saturated carbocycles. The number of aromatic nitrogens is 1. The summed E-state index contributed by atoms with van der Waals surface area (Å²) in [5.41, 5.74) is 1.84. The van der Waals surface area contributed by atoms with Crippen molar-refractivity contribution < 1.29 is 19.0 Å². The fraction of sp³-hybridized carbons (Fsp3) is 0.0769. The van der Waals surface area contributed by atoms with E-state index in [-0.39, 0.29) is 5.91 Å². The number of carbonyl (C=O) groups is 1. The largest absolute Gasteiger partial charge is 0.493 e. The molecule has 1 heterocycles. The van der Waals surface area contributed by atoms with Crippen LogP contribution in [0.3, 0.4) is 0 Å². The second kappa shape index (κ2) is 10.2. The molecule has 166 valence electrons. The molecule has 0 aliphatic heterocycles. The van der Waals surface area contributed by atoms with Crippen LogP contribution < -0.4 is 24.8 Å². The van der Waals surface area contributed by atoms with E-state index in [4.69, 9.17) is 14.2 Å². The van der Waals surface area contributed by atoms with Gasteiger partial charge in [0, 0.05) is 24.9 Å². The Morgan fingerprint density at radius 3 is 2.27 bits per heavy atom. The molecule has 0 aliphatic rings. The van der Waals surface area contributed by atoms with Crippen LogP contribution in [0.4, 0.5) is 11.4 Å². The zero-order valence-corrected chi connectivity index (χ0v) is 18.2. The first-order chi connectivity index (χ1) is 16.2. The van der Waals surface area contributed by atoms with Gasteiger partial charge in [0.15, 0.2) is 11.5 Å². The van der Waals surface area contributed by atoms with Crippen LogP contribution in [0.5, 0.6) is 28.9 Å². The Bertz CT molecular complexity index is 1230. The number of amides is 1. The molecule has 0 bridgehead atoms. The van der Waals surface area contributed by atoms with Crippen LogP contribution in [0.2, 0.25) is 0 Å². The summed E-state index contributed by atoms with van der Waals surface area (Å²) in [4.78, 5) is 17.2. The minimum Gasteiger partial charge on any atom is -0.493 e. The van der Waals surface area contributed by atoms with E-state index in [0.29, 0.717) is 40.1 Å². The van der Waals surface area contributed by atoms with Crippen LogP contribution in [0.1, 0.15) is 10.4 Å². The van der Waals surface area contributed by atoms with E-state index in [1.807, 2.05) is 55.6 Å². The van der Waals surface area contributed by atoms with Gasteiger partial charge in [-0.3, -0.25) is 4.79 Å². The summed E-state index contributed by atoms with van der Waals surface area (Å²) in [5.74, 6) is 2.30. The third-order valence-electron chi connectivity index (χ3n) is 4.76. The Kier molecular flexibility index (Phi) is 6.70. The third kappa shape index (κ3) is 5.40. The SMILES string of the molecule is CNc1ccc(Oc2ccc(NC(=O)c3ccccc3Oc3ccccc3)cn2)c(OC)c1. The van der Waals surface area contributed by atoms with Gasteiger partial charge < -0.3 is 24.8 Å². The molecule has 2 N–H and O–H groups in total. The van der Waals surface area contributed by atoms with Crippen molar-refractivity contribution in [3.05, 3.63) is 96.7 Å². The first kappa shape index (κ1) is 21.7. The van der Waals surface area contributed by atoms with Crippen molar-refractivity contribution >= 4 is 17.3 Å². The monoisotopic (exact) mass is 441 g/mol. The highest BCUT2D eigenvalue weighted by molar-refractivity contribution is 6.06. The summed E-state index contributed by atoms with van der Waals surface area (Å²) < 4.78 is 17.1. The Balaban J connectivity index is 1.45. The van der Waals surface area contributed by atoms with E-state index in [9.17, 15) is 4.79 Å². The van der Waals surface area contributed by atoms with Crippen LogP contribution in [-0.2, 0) is 0 Å². The number of hydrogen-bond acceptors (Lipinski definition) is 6. The van der Waals surface area contributed by atoms with Gasteiger partial charge in [-0.15, -0.1) is 0 Å². The van der Waals surface area contributed by atoms with Gasteiger partial charge in [-0.05, 0) is 42.5 Å². The predicted octanol–water partition coefficient (Wildman–Crippen LogP) is 5.97. The van der Waals surface area contributed by atoms with Crippen molar-refractivity contribution in [2.45, 2.75) is 0 Å². The zero-order valence-electron chi connectivity index (χ0n) is 18.2. The van der Waals surface area contributed by atoms with Gasteiger partial charge in [-0.25, -0.2) is 4.98 Å². The van der Waals surface area contributed by atoms with E-state index in [1.165, 1.54) is 6.20 Å². The lowest BCUT2D eigenvalue weighted by Crippen LogP contribution is -2.13. The van der Waals surface area contributed by atoms with E-state index in [0.717, 1.165) is 5.69 Å². The fourth-order valence-electron chi connectivity index (χ4n) is 3.09. The summed E-state index contributed by atoms with van der Waals surface area (Å²) >= 11 is 0. The van der Waals surface area contributed by atoms with Crippen molar-refractivity contribution in [2.75, 3.05) is 24.8 Å². The van der Waals surface area contributed by atoms with E-state index < -0.39 is 0 Å². The van der Waals surface area contributed by atoms with Gasteiger partial charge >= 0.3 is 0 Å². The first-order valence-corrected chi connectivity index (χ1v) is 10.3. The van der Waals surface area contributed by atoms with Crippen molar-refractivity contribution in [1.29, 1.82) is 0 Å². The summed E-state index contributed by atoms with van der Waals surface area (Å²) in [6.45, 7) is 0. The minimum atomic E-state index is -0.304. The van der Waals surface area contributed by atoms with Crippen LogP contribution in [-0.4, -0.2) is 25.0 Å². The number of pyridine rings is 1. The maximum Gasteiger partial charge on any atom is 0.259 e. The molecule has 0 saturated heterocycles. The van der Waals surface area contributed by atoms with Gasteiger partial charge in [-0.2, -0.15) is 0 Å². The van der Waals surface area contributed by atoms with Gasteiger partial charge in [-0.1, -0.05) is 30.3 Å². The maximum absolute atomic E-state index is 12.9. The smallest absolute Gasteiger partial charge is 0.259 e. The number of anilines is 2. The number of nitrogens with zero attached hydrogens (tertiary/aromatic N) is 1. The molecule has 1 aromatic heterocycles. The lowest BCUT2D eigenvalue weighted by Gasteiger charge is -2.13. The number of ether oxygens (including phenoxy) is 3. The molecule has 0 spiro atoms. The normalized spacial score (nSPS) is 10.2. The van der Waals surface area contributed by atoms with Crippen molar-refractivity contribution in [3.8, 4) is 28.9 Å². The second-order valence-electron chi connectivity index (χ2n) is 6.97. The van der Waals surface area contributed by atoms with Gasteiger partial charge in [0.1, 0.15) is 11.5 Å². The highest BCUT2D eigenvalue weighted by Crippen LogP contribution is 2.33. The first-order valence-electron chi connectivity index (χ1n) is 10.3. The third-order valence-corrected chi connectivity index (χ3v) is 4.76. The summed E-state index contributed by atoms with van der Waals surface area (Å²) in [7, 11) is 3.41. The van der Waals surface area contributed by atoms with Gasteiger partial charge in [0.25, 0.3) is 5.91 Å². The number of benzene rings is 3. The van der Waals surface area contributed by atoms with Crippen LogP contribution in [0, 0.1) is 0 Å². The highest BCUT2D eigenvalue weighted by atomic mass is 16.5. The van der Waals surface area contributed by atoms with Crippen LogP contribution in [0.25, 0.3) is 0 Å². The standard InChI is InChI=1S/C26H23N3O4/c1-27-18-12-14-23(24(16-18)31-2)33-25-15-13-19(17-28-25)29-26(30)21-10-6-7-11-22(21)32-20-8-4-3-5-9-20/h3-17,27H,1-2H3,(H,29,30). The number of nitrogens with one attached hydrogen (secondary N) is 2. The Labute approximate surface area is 192 Å². The molecule has 4 rings (SSSR count). The molecule has 0 aliphatic carbocycles. The summed E-state index contributed by atoms with van der Waals surface area (Å²) in [6, 6.07) is 25.3. The lowest BCUT2D eigenvalue weighted by molar-refractivity contribution is 0.102. The molecule has 0 radical (unpaired) electrons. The van der Waals surface area contributed by atoms with E-state index >= 15 is 0 Å². The Hall–Kier alpha value is -4.52. The molecule has 1 amide bonds. The molecule has 7 nitrogen and oxygen atoms in total. The molecule has 33 heavy (non-hydrogen) atoms. The van der Waals surface area contributed by atoms with Crippen molar-refractivity contribution in [1.82, 2.24) is 4.98 Å². The molecule has 0 atom stereocenters. The molecule has 0 fully saturated rings. The van der Waals surface area contributed by atoms with E-state index in [2.05, 4.69) is 15.6 Å². The number of carbonyl (C=O) groups excluding carboxylic acids is 1. The zero-order chi connectivity index (χ0) is 23.0. The Morgan fingerprint density at radius 2 is 1.55 bits per heavy atom. The fourth-order valence-corrected chi connectivity index (χ4v) is 3.09. The van der Waals surface area contributed by atoms with Gasteiger partial charge in [0.2, 0.25) is 5.88 Å². The van der Waals surface area contributed by atoms with Crippen LogP contribution >= 0.6 is 0 Å². The molecule has 7 heteroatoms. The number of hydrogen-bond donors (Lipinski definition) is 2. The topological polar surface area (TPSA) is 81.7 Å². The van der Waals surface area contributed by atoms with Crippen LogP contribution in [0.15, 0.2) is 91.1 Å². The number of methoxy groups -OCH3 is 1. The summed E-state index contributed by atoms with van der Waals surface area (Å²) in [6.07, 6.45) is 1.53. The van der Waals surface area contributed by atoms with Crippen molar-refractivity contribution in [2.24, 2.45) is 0 Å². The van der Waals surface area contributed by atoms with Gasteiger partial charge in [0.05, 0.1) is 24.6 Å². The molecule has 3 aromatic carbocycles. The molecular formula is C26H23N3O4. The minimum absolute atomic E-state index is 0.304. The summed E-state index contributed by atoms with van der Waals surface area (Å²) in [5, 5.41) is 5.89. The number of rotatable bonds is 8.